The van der Waals surface area contributed by atoms with Gasteiger partial charge in [-0.1, -0.05) is 0 Å². The normalized spacial score (nSPS) is 21.0. The van der Waals surface area contributed by atoms with Crippen molar-refractivity contribution in [1.29, 1.82) is 0 Å². The first-order valence-electron chi connectivity index (χ1n) is 4.35. The van der Waals surface area contributed by atoms with Gasteiger partial charge in [0.05, 0.1) is 5.60 Å². The zero-order chi connectivity index (χ0) is 9.73. The van der Waals surface area contributed by atoms with Crippen molar-refractivity contribution < 1.29 is 14.3 Å². The Balaban J connectivity index is 2.42. The number of ether oxygens (including phenoxy) is 2. The third-order valence-electron chi connectivity index (χ3n) is 2.42. The lowest BCUT2D eigenvalue weighted by molar-refractivity contribution is -0.0860. The topological polar surface area (TPSA) is 73.6 Å². The van der Waals surface area contributed by atoms with Crippen LogP contribution in [-0.4, -0.2) is 38.5 Å². The number of nitrogens with one attached hydrogen (secondary N) is 1. The lowest BCUT2D eigenvalue weighted by Gasteiger charge is -2.35. The highest BCUT2D eigenvalue weighted by molar-refractivity contribution is 5.71. The van der Waals surface area contributed by atoms with E-state index in [1.165, 1.54) is 0 Å². The lowest BCUT2D eigenvalue weighted by Crippen LogP contribution is -2.49. The van der Waals surface area contributed by atoms with Crippen LogP contribution in [0.15, 0.2) is 0 Å². The van der Waals surface area contributed by atoms with Crippen LogP contribution in [0.25, 0.3) is 0 Å². The zero-order valence-electron chi connectivity index (χ0n) is 7.84. The summed E-state index contributed by atoms with van der Waals surface area (Å²) in [5, 5.41) is 2.57. The molecule has 1 aliphatic heterocycles. The Morgan fingerprint density at radius 2 is 2.23 bits per heavy atom. The van der Waals surface area contributed by atoms with Gasteiger partial charge in [-0.25, -0.2) is 4.79 Å². The maximum atomic E-state index is 10.5. The van der Waals surface area contributed by atoms with E-state index in [-0.39, 0.29) is 5.60 Å². The van der Waals surface area contributed by atoms with Crippen LogP contribution in [0.1, 0.15) is 12.8 Å². The molecule has 0 spiro atoms. The van der Waals surface area contributed by atoms with Crippen LogP contribution < -0.4 is 11.1 Å². The summed E-state index contributed by atoms with van der Waals surface area (Å²) in [6.45, 7) is 1.81. The predicted molar refractivity (Wildman–Crippen MR) is 47.4 cm³/mol. The number of carbonyl (C=O) groups excluding carboxylic acids is 1. The highest BCUT2D eigenvalue weighted by atomic mass is 16.5. The first-order chi connectivity index (χ1) is 6.18. The maximum absolute atomic E-state index is 10.5. The number of rotatable bonds is 3. The van der Waals surface area contributed by atoms with Crippen LogP contribution in [0, 0.1) is 0 Å². The van der Waals surface area contributed by atoms with E-state index in [2.05, 4.69) is 5.32 Å². The van der Waals surface area contributed by atoms with E-state index >= 15 is 0 Å². The summed E-state index contributed by atoms with van der Waals surface area (Å²) in [5.74, 6) is 0. The predicted octanol–water partition coefficient (Wildman–Crippen LogP) is -0.150. The number of hydrogen-bond donors (Lipinski definition) is 2. The molecular weight excluding hydrogens is 172 g/mol. The van der Waals surface area contributed by atoms with Gasteiger partial charge in [0.25, 0.3) is 0 Å². The molecule has 5 nitrogen and oxygen atoms in total. The first-order valence-corrected chi connectivity index (χ1v) is 4.35. The minimum Gasteiger partial charge on any atom is -0.381 e. The fourth-order valence-electron chi connectivity index (χ4n) is 1.44. The molecular formula is C8H16N2O3. The largest absolute Gasteiger partial charge is 0.381 e. The summed E-state index contributed by atoms with van der Waals surface area (Å²) < 4.78 is 10.6. The number of urea groups is 1. The summed E-state index contributed by atoms with van der Waals surface area (Å²) in [6.07, 6.45) is 1.59. The van der Waals surface area contributed by atoms with Gasteiger partial charge in [-0.05, 0) is 0 Å². The third kappa shape index (κ3) is 2.86. The Kier molecular flexibility index (Phi) is 3.50. The van der Waals surface area contributed by atoms with Crippen molar-refractivity contribution in [3.05, 3.63) is 0 Å². The summed E-state index contributed by atoms with van der Waals surface area (Å²) in [4.78, 5) is 10.5. The molecule has 1 saturated heterocycles. The third-order valence-corrected chi connectivity index (χ3v) is 2.42. The van der Waals surface area contributed by atoms with Crippen molar-refractivity contribution in [2.75, 3.05) is 26.9 Å². The van der Waals surface area contributed by atoms with Crippen LogP contribution in [0.4, 0.5) is 4.79 Å². The van der Waals surface area contributed by atoms with Gasteiger partial charge in [-0.2, -0.15) is 0 Å². The number of nitrogens with two attached hydrogens (primary N) is 1. The molecule has 0 bridgehead atoms. The Hall–Kier alpha value is -0.810. The van der Waals surface area contributed by atoms with E-state index in [0.29, 0.717) is 19.8 Å². The number of hydrogen-bond acceptors (Lipinski definition) is 3. The second-order valence-corrected chi connectivity index (χ2v) is 3.22. The van der Waals surface area contributed by atoms with Gasteiger partial charge in [0.15, 0.2) is 0 Å². The highest BCUT2D eigenvalue weighted by Crippen LogP contribution is 2.23. The summed E-state index contributed by atoms with van der Waals surface area (Å²) in [6, 6.07) is -0.511. The summed E-state index contributed by atoms with van der Waals surface area (Å²) >= 11 is 0. The van der Waals surface area contributed by atoms with Gasteiger partial charge in [0.2, 0.25) is 0 Å². The summed E-state index contributed by atoms with van der Waals surface area (Å²) in [7, 11) is 1.65. The SMILES string of the molecule is COC1(CNC(N)=O)CCOCC1. The molecule has 0 aromatic heterocycles. The second kappa shape index (κ2) is 4.43. The molecule has 3 N–H and O–H groups in total. The van der Waals surface area contributed by atoms with Gasteiger partial charge in [0, 0.05) is 39.7 Å². The standard InChI is InChI=1S/C8H16N2O3/c1-12-8(6-10-7(9)11)2-4-13-5-3-8/h2-6H2,1H3,(H3,9,10,11). The van der Waals surface area contributed by atoms with Crippen molar-refractivity contribution in [1.82, 2.24) is 5.32 Å². The van der Waals surface area contributed by atoms with Crippen molar-refractivity contribution in [3.8, 4) is 0 Å². The lowest BCUT2D eigenvalue weighted by atomic mass is 9.94. The number of carbonyl (C=O) groups is 1. The van der Waals surface area contributed by atoms with Gasteiger partial charge < -0.3 is 20.5 Å². The molecule has 0 aromatic carbocycles. The average molecular weight is 188 g/mol. The molecule has 1 fully saturated rings. The van der Waals surface area contributed by atoms with Crippen molar-refractivity contribution >= 4 is 6.03 Å². The quantitative estimate of drug-likeness (QED) is 0.647. The van der Waals surface area contributed by atoms with E-state index < -0.39 is 6.03 Å². The molecule has 76 valence electrons. The van der Waals surface area contributed by atoms with Crippen LogP contribution in [0.5, 0.6) is 0 Å². The molecule has 1 heterocycles. The molecule has 1 aliphatic rings. The van der Waals surface area contributed by atoms with Crippen molar-refractivity contribution in [3.63, 3.8) is 0 Å². The zero-order valence-corrected chi connectivity index (χ0v) is 7.84. The molecule has 1 rings (SSSR count). The van der Waals surface area contributed by atoms with Crippen LogP contribution in [0.2, 0.25) is 0 Å². The molecule has 0 aromatic rings. The van der Waals surface area contributed by atoms with E-state index in [1.807, 2.05) is 0 Å². The van der Waals surface area contributed by atoms with Crippen molar-refractivity contribution in [2.24, 2.45) is 5.73 Å². The van der Waals surface area contributed by atoms with Crippen LogP contribution in [0.3, 0.4) is 0 Å². The Labute approximate surface area is 77.6 Å². The highest BCUT2D eigenvalue weighted by Gasteiger charge is 2.32. The number of amides is 2. The minimum absolute atomic E-state index is 0.284. The number of methoxy groups -OCH3 is 1. The van der Waals surface area contributed by atoms with Crippen LogP contribution >= 0.6 is 0 Å². The molecule has 0 unspecified atom stereocenters. The minimum atomic E-state index is -0.511. The molecule has 0 atom stereocenters. The average Bonchev–Trinajstić information content (AvgIpc) is 2.16. The Bertz CT molecular complexity index is 178. The van der Waals surface area contributed by atoms with E-state index in [4.69, 9.17) is 15.2 Å². The smallest absolute Gasteiger partial charge is 0.312 e. The van der Waals surface area contributed by atoms with Crippen LogP contribution in [-0.2, 0) is 9.47 Å². The monoisotopic (exact) mass is 188 g/mol. The first kappa shape index (κ1) is 10.3. The molecule has 2 amide bonds. The molecule has 13 heavy (non-hydrogen) atoms. The Morgan fingerprint density at radius 3 is 2.69 bits per heavy atom. The molecule has 0 saturated carbocycles. The van der Waals surface area contributed by atoms with Gasteiger partial charge in [-0.15, -0.1) is 0 Å². The van der Waals surface area contributed by atoms with E-state index in [1.54, 1.807) is 7.11 Å². The maximum Gasteiger partial charge on any atom is 0.312 e. The van der Waals surface area contributed by atoms with E-state index in [9.17, 15) is 4.79 Å². The van der Waals surface area contributed by atoms with Gasteiger partial charge in [-0.3, -0.25) is 0 Å². The molecule has 5 heteroatoms. The Morgan fingerprint density at radius 1 is 1.62 bits per heavy atom. The van der Waals surface area contributed by atoms with Crippen molar-refractivity contribution in [2.45, 2.75) is 18.4 Å². The molecule has 0 aliphatic carbocycles. The van der Waals surface area contributed by atoms with Gasteiger partial charge >= 0.3 is 6.03 Å². The fraction of sp³-hybridized carbons (Fsp3) is 0.875. The fourth-order valence-corrected chi connectivity index (χ4v) is 1.44. The second-order valence-electron chi connectivity index (χ2n) is 3.22. The number of primary amides is 1. The molecule has 0 radical (unpaired) electrons. The van der Waals surface area contributed by atoms with Gasteiger partial charge in [0.1, 0.15) is 0 Å². The van der Waals surface area contributed by atoms with E-state index in [0.717, 1.165) is 12.8 Å². The summed E-state index contributed by atoms with van der Waals surface area (Å²) in [5.41, 5.74) is 4.70.